The first-order valence-electron chi connectivity index (χ1n) is 4.57. The van der Waals surface area contributed by atoms with Crippen molar-refractivity contribution in [2.75, 3.05) is 5.75 Å². The minimum atomic E-state index is -0.754. The Kier molecular flexibility index (Phi) is 7.09. The minimum absolute atomic E-state index is 0.140. The summed E-state index contributed by atoms with van der Waals surface area (Å²) < 4.78 is 0. The number of thioether (sulfide) groups is 1. The summed E-state index contributed by atoms with van der Waals surface area (Å²) in [6.07, 6.45) is 1.50. The lowest BCUT2D eigenvalue weighted by Crippen LogP contribution is -2.09. The highest BCUT2D eigenvalue weighted by Gasteiger charge is 2.08. The molecule has 0 heterocycles. The van der Waals surface area contributed by atoms with E-state index in [1.54, 1.807) is 11.8 Å². The zero-order chi connectivity index (χ0) is 10.3. The zero-order valence-electron chi connectivity index (χ0n) is 8.19. The molecular formula is C9H18O3S. The molecule has 2 unspecified atom stereocenters. The molecule has 2 N–H and O–H groups in total. The number of carbonyl (C=O) groups is 1. The van der Waals surface area contributed by atoms with Gasteiger partial charge in [-0.05, 0) is 18.6 Å². The maximum atomic E-state index is 10.3. The van der Waals surface area contributed by atoms with Crippen molar-refractivity contribution in [2.24, 2.45) is 0 Å². The fourth-order valence-corrected chi connectivity index (χ4v) is 1.99. The van der Waals surface area contributed by atoms with Crippen molar-refractivity contribution in [3.8, 4) is 0 Å². The van der Waals surface area contributed by atoms with Crippen LogP contribution in [0.15, 0.2) is 0 Å². The number of hydrogen-bond acceptors (Lipinski definition) is 3. The molecular weight excluding hydrogens is 188 g/mol. The van der Waals surface area contributed by atoms with E-state index in [4.69, 9.17) is 5.11 Å². The molecule has 4 heteroatoms. The molecule has 0 radical (unpaired) electrons. The van der Waals surface area contributed by atoms with Crippen molar-refractivity contribution in [3.63, 3.8) is 0 Å². The summed E-state index contributed by atoms with van der Waals surface area (Å²) in [6.45, 7) is 3.84. The van der Waals surface area contributed by atoms with E-state index in [-0.39, 0.29) is 17.8 Å². The summed E-state index contributed by atoms with van der Waals surface area (Å²) in [4.78, 5) is 10.3. The van der Waals surface area contributed by atoms with Crippen LogP contribution in [0.25, 0.3) is 0 Å². The summed E-state index contributed by atoms with van der Waals surface area (Å²) in [7, 11) is 0. The molecule has 0 aliphatic rings. The Labute approximate surface area is 83.5 Å². The largest absolute Gasteiger partial charge is 0.481 e. The molecule has 0 amide bonds. The Hall–Kier alpha value is -0.220. The van der Waals surface area contributed by atoms with Gasteiger partial charge in [0, 0.05) is 5.25 Å². The molecule has 0 saturated carbocycles. The molecule has 3 nitrogen and oxygen atoms in total. The SMILES string of the molecule is CCC(O)CCSC(C)CC(=O)O. The number of rotatable bonds is 7. The number of aliphatic carboxylic acids is 1. The summed E-state index contributed by atoms with van der Waals surface area (Å²) in [5, 5.41) is 17.8. The molecule has 0 aliphatic heterocycles. The molecule has 0 rings (SSSR count). The first-order chi connectivity index (χ1) is 6.06. The molecule has 0 aromatic heterocycles. The molecule has 0 aromatic carbocycles. The lowest BCUT2D eigenvalue weighted by molar-refractivity contribution is -0.136. The monoisotopic (exact) mass is 206 g/mol. The summed E-state index contributed by atoms with van der Waals surface area (Å²) in [6, 6.07) is 0. The highest BCUT2D eigenvalue weighted by Crippen LogP contribution is 2.16. The van der Waals surface area contributed by atoms with Crippen LogP contribution in [0.1, 0.15) is 33.1 Å². The Morgan fingerprint density at radius 3 is 2.62 bits per heavy atom. The van der Waals surface area contributed by atoms with E-state index >= 15 is 0 Å². The summed E-state index contributed by atoms with van der Waals surface area (Å²) >= 11 is 1.61. The van der Waals surface area contributed by atoms with Gasteiger partial charge in [-0.2, -0.15) is 11.8 Å². The van der Waals surface area contributed by atoms with Gasteiger partial charge in [0.25, 0.3) is 0 Å². The topological polar surface area (TPSA) is 57.5 Å². The second kappa shape index (κ2) is 7.21. The van der Waals surface area contributed by atoms with Gasteiger partial charge in [0.1, 0.15) is 0 Å². The van der Waals surface area contributed by atoms with Crippen LogP contribution in [0.3, 0.4) is 0 Å². The molecule has 0 aromatic rings. The van der Waals surface area contributed by atoms with Crippen LogP contribution in [0.4, 0.5) is 0 Å². The molecule has 2 atom stereocenters. The average Bonchev–Trinajstić information content (AvgIpc) is 2.02. The van der Waals surface area contributed by atoms with Crippen LogP contribution in [-0.4, -0.2) is 33.3 Å². The normalized spacial score (nSPS) is 15.3. The lowest BCUT2D eigenvalue weighted by Gasteiger charge is -2.10. The fraction of sp³-hybridized carbons (Fsp3) is 0.889. The van der Waals surface area contributed by atoms with E-state index in [9.17, 15) is 9.90 Å². The first-order valence-corrected chi connectivity index (χ1v) is 5.62. The van der Waals surface area contributed by atoms with Crippen molar-refractivity contribution < 1.29 is 15.0 Å². The van der Waals surface area contributed by atoms with Gasteiger partial charge in [-0.15, -0.1) is 0 Å². The van der Waals surface area contributed by atoms with Crippen LogP contribution in [-0.2, 0) is 4.79 Å². The Balaban J connectivity index is 3.36. The third-order valence-electron chi connectivity index (χ3n) is 1.79. The molecule has 0 saturated heterocycles. The number of hydrogen-bond donors (Lipinski definition) is 2. The summed E-state index contributed by atoms with van der Waals surface area (Å²) in [5.41, 5.74) is 0. The van der Waals surface area contributed by atoms with E-state index in [0.717, 1.165) is 18.6 Å². The van der Waals surface area contributed by atoms with Gasteiger partial charge in [0.2, 0.25) is 0 Å². The predicted molar refractivity (Wildman–Crippen MR) is 55.1 cm³/mol. The maximum Gasteiger partial charge on any atom is 0.304 e. The Morgan fingerprint density at radius 2 is 2.15 bits per heavy atom. The van der Waals surface area contributed by atoms with Crippen LogP contribution in [0, 0.1) is 0 Å². The van der Waals surface area contributed by atoms with Crippen molar-refractivity contribution in [2.45, 2.75) is 44.5 Å². The molecule has 0 spiro atoms. The number of carboxylic acid groups (broad SMARTS) is 1. The third kappa shape index (κ3) is 8.12. The molecule has 0 aliphatic carbocycles. The van der Waals surface area contributed by atoms with Crippen molar-refractivity contribution in [3.05, 3.63) is 0 Å². The fourth-order valence-electron chi connectivity index (χ4n) is 0.914. The molecule has 13 heavy (non-hydrogen) atoms. The number of aliphatic hydroxyl groups is 1. The van der Waals surface area contributed by atoms with Crippen LogP contribution in [0.5, 0.6) is 0 Å². The highest BCUT2D eigenvalue weighted by molar-refractivity contribution is 7.99. The first kappa shape index (κ1) is 12.8. The quantitative estimate of drug-likeness (QED) is 0.666. The highest BCUT2D eigenvalue weighted by atomic mass is 32.2. The van der Waals surface area contributed by atoms with Gasteiger partial charge in [-0.1, -0.05) is 13.8 Å². The standard InChI is InChI=1S/C9H18O3S/c1-3-8(10)4-5-13-7(2)6-9(11)12/h7-8,10H,3-6H2,1-2H3,(H,11,12). The van der Waals surface area contributed by atoms with Crippen LogP contribution >= 0.6 is 11.8 Å². The number of carboxylic acids is 1. The van der Waals surface area contributed by atoms with Crippen molar-refractivity contribution in [1.29, 1.82) is 0 Å². The minimum Gasteiger partial charge on any atom is -0.481 e. The molecule has 0 bridgehead atoms. The van der Waals surface area contributed by atoms with Crippen molar-refractivity contribution in [1.82, 2.24) is 0 Å². The second-order valence-electron chi connectivity index (χ2n) is 3.13. The van der Waals surface area contributed by atoms with Gasteiger partial charge in [0.15, 0.2) is 0 Å². The summed E-state index contributed by atoms with van der Waals surface area (Å²) in [5.74, 6) is 0.0831. The number of aliphatic hydroxyl groups excluding tert-OH is 1. The lowest BCUT2D eigenvalue weighted by atomic mass is 10.2. The van der Waals surface area contributed by atoms with Crippen LogP contribution < -0.4 is 0 Å². The second-order valence-corrected chi connectivity index (χ2v) is 4.68. The van der Waals surface area contributed by atoms with Gasteiger partial charge in [-0.25, -0.2) is 0 Å². The third-order valence-corrected chi connectivity index (χ3v) is 2.99. The predicted octanol–water partition coefficient (Wildman–Crippen LogP) is 1.74. The maximum absolute atomic E-state index is 10.3. The Morgan fingerprint density at radius 1 is 1.54 bits per heavy atom. The van der Waals surface area contributed by atoms with E-state index in [1.165, 1.54) is 0 Å². The smallest absolute Gasteiger partial charge is 0.304 e. The molecule has 78 valence electrons. The van der Waals surface area contributed by atoms with Crippen LogP contribution in [0.2, 0.25) is 0 Å². The van der Waals surface area contributed by atoms with Gasteiger partial charge in [-0.3, -0.25) is 4.79 Å². The molecule has 0 fully saturated rings. The van der Waals surface area contributed by atoms with E-state index < -0.39 is 5.97 Å². The van der Waals surface area contributed by atoms with Gasteiger partial charge in [0.05, 0.1) is 12.5 Å². The van der Waals surface area contributed by atoms with Gasteiger partial charge >= 0.3 is 5.97 Å². The van der Waals surface area contributed by atoms with E-state index in [2.05, 4.69) is 0 Å². The van der Waals surface area contributed by atoms with E-state index in [1.807, 2.05) is 13.8 Å². The van der Waals surface area contributed by atoms with Gasteiger partial charge < -0.3 is 10.2 Å². The van der Waals surface area contributed by atoms with Crippen molar-refractivity contribution >= 4 is 17.7 Å². The Bertz CT molecular complexity index is 150. The average molecular weight is 206 g/mol. The zero-order valence-corrected chi connectivity index (χ0v) is 9.01. The van der Waals surface area contributed by atoms with E-state index in [0.29, 0.717) is 0 Å².